The van der Waals surface area contributed by atoms with Crippen molar-refractivity contribution in [3.05, 3.63) is 28.2 Å². The molecule has 0 radical (unpaired) electrons. The Hall–Kier alpha value is -0.430. The van der Waals surface area contributed by atoms with E-state index in [2.05, 4.69) is 27.6 Å². The van der Waals surface area contributed by atoms with Gasteiger partial charge in [-0.1, -0.05) is 31.9 Å². The van der Waals surface area contributed by atoms with Crippen LogP contribution in [0.4, 0.5) is 0 Å². The lowest BCUT2D eigenvalue weighted by molar-refractivity contribution is 0.516. The van der Waals surface area contributed by atoms with Crippen LogP contribution in [0.25, 0.3) is 0 Å². The molecule has 0 saturated carbocycles. The Morgan fingerprint density at radius 1 is 1.42 bits per heavy atom. The quantitative estimate of drug-likeness (QED) is 0.795. The normalized spacial score (nSPS) is 13.5. The Balaban J connectivity index is 2.94. The number of hydrogen-bond donors (Lipinski definition) is 2. The van der Waals surface area contributed by atoms with Gasteiger partial charge in [0, 0.05) is 17.1 Å². The van der Waals surface area contributed by atoms with Crippen LogP contribution in [0.5, 0.6) is 0 Å². The fourth-order valence-corrected chi connectivity index (χ4v) is 4.12. The SMILES string of the molecule is CCCCC(CN)NS(=O)(=O)c1cccc(C)c1Br. The number of rotatable bonds is 7. The molecule has 0 aliphatic carbocycles. The van der Waals surface area contributed by atoms with Crippen molar-refractivity contribution in [2.24, 2.45) is 5.73 Å². The number of sulfonamides is 1. The number of benzene rings is 1. The standard InChI is InChI=1S/C13H21BrN2O2S/c1-3-4-7-11(9-15)16-19(17,18)12-8-5-6-10(2)13(12)14/h5-6,8,11,16H,3-4,7,9,15H2,1-2H3. The predicted octanol–water partition coefficient (Wildman–Crippen LogP) is 2.55. The summed E-state index contributed by atoms with van der Waals surface area (Å²) in [7, 11) is -3.53. The van der Waals surface area contributed by atoms with Crippen LogP contribution in [-0.4, -0.2) is 21.0 Å². The molecule has 0 bridgehead atoms. The van der Waals surface area contributed by atoms with Crippen molar-refractivity contribution in [3.8, 4) is 0 Å². The van der Waals surface area contributed by atoms with Crippen molar-refractivity contribution in [2.75, 3.05) is 6.54 Å². The highest BCUT2D eigenvalue weighted by molar-refractivity contribution is 9.10. The van der Waals surface area contributed by atoms with Gasteiger partial charge in [0.2, 0.25) is 10.0 Å². The van der Waals surface area contributed by atoms with E-state index in [1.54, 1.807) is 12.1 Å². The summed E-state index contributed by atoms with van der Waals surface area (Å²) in [4.78, 5) is 0.266. The minimum absolute atomic E-state index is 0.211. The van der Waals surface area contributed by atoms with Crippen molar-refractivity contribution >= 4 is 26.0 Å². The molecule has 4 nitrogen and oxygen atoms in total. The summed E-state index contributed by atoms with van der Waals surface area (Å²) in [5.41, 5.74) is 6.52. The molecule has 0 saturated heterocycles. The molecule has 0 amide bonds. The Labute approximate surface area is 124 Å². The highest BCUT2D eigenvalue weighted by Crippen LogP contribution is 2.25. The number of halogens is 1. The van der Waals surface area contributed by atoms with E-state index in [4.69, 9.17) is 5.73 Å². The summed E-state index contributed by atoms with van der Waals surface area (Å²) in [5, 5.41) is 0. The van der Waals surface area contributed by atoms with Gasteiger partial charge in [-0.3, -0.25) is 0 Å². The number of nitrogens with two attached hydrogens (primary N) is 1. The van der Waals surface area contributed by atoms with Gasteiger partial charge in [-0.25, -0.2) is 13.1 Å². The second-order valence-corrected chi connectivity index (χ2v) is 7.06. The summed E-state index contributed by atoms with van der Waals surface area (Å²) < 4.78 is 28.0. The first-order chi connectivity index (χ1) is 8.92. The maximum atomic E-state index is 12.3. The van der Waals surface area contributed by atoms with Crippen molar-refractivity contribution in [1.29, 1.82) is 0 Å². The zero-order valence-electron chi connectivity index (χ0n) is 11.3. The lowest BCUT2D eigenvalue weighted by Crippen LogP contribution is -2.40. The van der Waals surface area contributed by atoms with Gasteiger partial charge in [-0.15, -0.1) is 0 Å². The largest absolute Gasteiger partial charge is 0.329 e. The maximum absolute atomic E-state index is 12.3. The zero-order chi connectivity index (χ0) is 14.5. The fourth-order valence-electron chi connectivity index (χ4n) is 1.79. The molecule has 0 aliphatic heterocycles. The molecule has 3 N–H and O–H groups in total. The van der Waals surface area contributed by atoms with Gasteiger partial charge in [0.15, 0.2) is 0 Å². The van der Waals surface area contributed by atoms with Crippen molar-refractivity contribution < 1.29 is 8.42 Å². The van der Waals surface area contributed by atoms with E-state index >= 15 is 0 Å². The molecule has 6 heteroatoms. The third-order valence-corrected chi connectivity index (χ3v) is 5.84. The first kappa shape index (κ1) is 16.6. The second-order valence-electron chi connectivity index (χ2n) is 4.58. The minimum atomic E-state index is -3.53. The molecule has 0 fully saturated rings. The van der Waals surface area contributed by atoms with Crippen LogP contribution in [-0.2, 0) is 10.0 Å². The molecule has 0 aliphatic rings. The van der Waals surface area contributed by atoms with Crippen molar-refractivity contribution in [3.63, 3.8) is 0 Å². The number of nitrogens with one attached hydrogen (secondary N) is 1. The van der Waals surface area contributed by atoms with Gasteiger partial charge in [-0.05, 0) is 40.9 Å². The molecule has 0 aromatic heterocycles. The average Bonchev–Trinajstić information content (AvgIpc) is 2.37. The van der Waals surface area contributed by atoms with Crippen molar-refractivity contribution in [1.82, 2.24) is 4.72 Å². The van der Waals surface area contributed by atoms with Gasteiger partial charge < -0.3 is 5.73 Å². The molecule has 0 heterocycles. The molecule has 1 aromatic rings. The highest BCUT2D eigenvalue weighted by Gasteiger charge is 2.21. The van der Waals surface area contributed by atoms with Gasteiger partial charge in [0.1, 0.15) is 0 Å². The summed E-state index contributed by atoms with van der Waals surface area (Å²) in [6.07, 6.45) is 2.74. The zero-order valence-corrected chi connectivity index (χ0v) is 13.7. The van der Waals surface area contributed by atoms with Gasteiger partial charge in [-0.2, -0.15) is 0 Å². The summed E-state index contributed by atoms with van der Waals surface area (Å²) in [6.45, 7) is 4.24. The topological polar surface area (TPSA) is 72.2 Å². The fraction of sp³-hybridized carbons (Fsp3) is 0.538. The molecule has 1 rings (SSSR count). The van der Waals surface area contributed by atoms with Crippen LogP contribution >= 0.6 is 15.9 Å². The van der Waals surface area contributed by atoms with E-state index in [-0.39, 0.29) is 10.9 Å². The Kier molecular flexibility index (Phi) is 6.46. The Bertz CT molecular complexity index is 517. The maximum Gasteiger partial charge on any atom is 0.241 e. The molecule has 0 spiro atoms. The average molecular weight is 349 g/mol. The molecule has 1 atom stereocenters. The summed E-state index contributed by atoms with van der Waals surface area (Å²) in [5.74, 6) is 0. The van der Waals surface area contributed by atoms with E-state index in [1.807, 2.05) is 13.0 Å². The van der Waals surface area contributed by atoms with E-state index in [1.165, 1.54) is 0 Å². The van der Waals surface area contributed by atoms with E-state index in [0.717, 1.165) is 24.8 Å². The summed E-state index contributed by atoms with van der Waals surface area (Å²) >= 11 is 3.33. The van der Waals surface area contributed by atoms with Crippen LogP contribution < -0.4 is 10.5 Å². The highest BCUT2D eigenvalue weighted by atomic mass is 79.9. The molecular formula is C13H21BrN2O2S. The van der Waals surface area contributed by atoms with Gasteiger partial charge in [0.25, 0.3) is 0 Å². The lowest BCUT2D eigenvalue weighted by atomic mass is 10.1. The molecule has 108 valence electrons. The van der Waals surface area contributed by atoms with Gasteiger partial charge in [0.05, 0.1) is 4.90 Å². The van der Waals surface area contributed by atoms with Crippen LogP contribution in [0.2, 0.25) is 0 Å². The third kappa shape index (κ3) is 4.56. The number of hydrogen-bond acceptors (Lipinski definition) is 3. The van der Waals surface area contributed by atoms with Crippen LogP contribution in [0.3, 0.4) is 0 Å². The molecule has 1 aromatic carbocycles. The van der Waals surface area contributed by atoms with E-state index < -0.39 is 10.0 Å². The van der Waals surface area contributed by atoms with Gasteiger partial charge >= 0.3 is 0 Å². The van der Waals surface area contributed by atoms with Crippen LogP contribution in [0.15, 0.2) is 27.6 Å². The van der Waals surface area contributed by atoms with Crippen molar-refractivity contribution in [2.45, 2.75) is 44.0 Å². The second kappa shape index (κ2) is 7.38. The van der Waals surface area contributed by atoms with Crippen LogP contribution in [0.1, 0.15) is 31.7 Å². The number of unbranched alkanes of at least 4 members (excludes halogenated alkanes) is 1. The lowest BCUT2D eigenvalue weighted by Gasteiger charge is -2.17. The first-order valence-corrected chi connectivity index (χ1v) is 8.67. The minimum Gasteiger partial charge on any atom is -0.329 e. The Morgan fingerprint density at radius 3 is 2.68 bits per heavy atom. The molecule has 1 unspecified atom stereocenters. The molecular weight excluding hydrogens is 328 g/mol. The molecule has 19 heavy (non-hydrogen) atoms. The van der Waals surface area contributed by atoms with E-state index in [9.17, 15) is 8.42 Å². The van der Waals surface area contributed by atoms with Crippen LogP contribution in [0, 0.1) is 6.92 Å². The number of aryl methyl sites for hydroxylation is 1. The van der Waals surface area contributed by atoms with E-state index in [0.29, 0.717) is 11.0 Å². The first-order valence-electron chi connectivity index (χ1n) is 6.40. The summed E-state index contributed by atoms with van der Waals surface area (Å²) in [6, 6.07) is 4.98. The smallest absolute Gasteiger partial charge is 0.241 e. The predicted molar refractivity (Wildman–Crippen MR) is 81.6 cm³/mol. The third-order valence-electron chi connectivity index (χ3n) is 2.96. The Morgan fingerprint density at radius 2 is 2.11 bits per heavy atom. The monoisotopic (exact) mass is 348 g/mol.